The molecule has 2 rings (SSSR count). The fourth-order valence-electron chi connectivity index (χ4n) is 3.07. The molecule has 0 unspecified atom stereocenters. The van der Waals surface area contributed by atoms with Crippen LogP contribution < -0.4 is 42.5 Å². The smallest absolute Gasteiger partial charge is 1.00 e. The van der Waals surface area contributed by atoms with Gasteiger partial charge in [0, 0.05) is 17.2 Å². The second-order valence-electron chi connectivity index (χ2n) is 9.33. The number of halogens is 3. The Balaban J connectivity index is -0.00000196. The molecule has 0 saturated heterocycles. The summed E-state index contributed by atoms with van der Waals surface area (Å²) in [5, 5.41) is 13.2. The Labute approximate surface area is 227 Å². The molecule has 31 heavy (non-hydrogen) atoms. The van der Waals surface area contributed by atoms with E-state index in [9.17, 15) is 5.11 Å². The van der Waals surface area contributed by atoms with Crippen LogP contribution in [0.3, 0.4) is 0 Å². The maximum atomic E-state index is 11.0. The van der Waals surface area contributed by atoms with Crippen molar-refractivity contribution >= 4 is 17.4 Å². The van der Waals surface area contributed by atoms with Gasteiger partial charge in [0.05, 0.1) is 4.90 Å². The second-order valence-corrected chi connectivity index (χ2v) is 10.5. The first kappa shape index (κ1) is 35.7. The maximum Gasteiger partial charge on any atom is 2.00 e. The molecule has 2 aromatic rings. The molecule has 0 fully saturated rings. The zero-order valence-corrected chi connectivity index (χ0v) is 24.3. The zero-order valence-electron chi connectivity index (χ0n) is 19.7. The molecular weight excluding hydrogens is 505 g/mol. The van der Waals surface area contributed by atoms with E-state index in [1.807, 2.05) is 11.8 Å². The molecule has 2 nitrogen and oxygen atoms in total. The van der Waals surface area contributed by atoms with E-state index < -0.39 is 0 Å². The van der Waals surface area contributed by atoms with Crippen LogP contribution in [0, 0.1) is 0 Å². The predicted molar refractivity (Wildman–Crippen MR) is 118 cm³/mol. The van der Waals surface area contributed by atoms with Gasteiger partial charge in [0.2, 0.25) is 0 Å². The number of hydrogen-bond donors (Lipinski definition) is 2. The van der Waals surface area contributed by atoms with Gasteiger partial charge in [-0.25, -0.2) is 0 Å². The van der Waals surface area contributed by atoms with Gasteiger partial charge in [0.1, 0.15) is 18.0 Å². The topological polar surface area (TPSA) is 36.8 Å². The average molecular weight is 541 g/mol. The van der Waals surface area contributed by atoms with Gasteiger partial charge < -0.3 is 47.6 Å². The van der Waals surface area contributed by atoms with E-state index in [-0.39, 0.29) is 69.8 Å². The molecule has 174 valence electrons. The number of hydrogen-bond acceptors (Lipinski definition) is 2. The number of para-hydroxylation sites is 1. The van der Waals surface area contributed by atoms with Crippen LogP contribution in [0.4, 0.5) is 5.69 Å². The molecule has 0 spiro atoms. The van der Waals surface area contributed by atoms with E-state index in [1.54, 1.807) is 0 Å². The van der Waals surface area contributed by atoms with E-state index >= 15 is 0 Å². The summed E-state index contributed by atoms with van der Waals surface area (Å²) in [6.07, 6.45) is 1.17. The minimum absolute atomic E-state index is 0. The SMILES string of the molecule is CCCSc1ccccc1[NH2+]Cc1cc(C(C)(C)C)cc(C(C)(C)C)c1O.[Cl-].[Cl-].[Cl-].[Ti+2]. The first-order valence-electron chi connectivity index (χ1n) is 9.96. The molecule has 0 aromatic heterocycles. The second kappa shape index (κ2) is 15.1. The van der Waals surface area contributed by atoms with Gasteiger partial charge in [-0.3, -0.25) is 0 Å². The van der Waals surface area contributed by atoms with Crippen molar-refractivity contribution in [2.45, 2.75) is 77.2 Å². The fourth-order valence-corrected chi connectivity index (χ4v) is 3.98. The van der Waals surface area contributed by atoms with Crippen molar-refractivity contribution in [3.8, 4) is 5.75 Å². The largest absolute Gasteiger partial charge is 2.00 e. The number of benzene rings is 2. The van der Waals surface area contributed by atoms with Gasteiger partial charge in [-0.1, -0.05) is 66.7 Å². The van der Waals surface area contributed by atoms with Crippen molar-refractivity contribution in [2.24, 2.45) is 0 Å². The Bertz CT molecular complexity index is 789. The Kier molecular flexibility index (Phi) is 17.4. The van der Waals surface area contributed by atoms with Crippen molar-refractivity contribution in [3.63, 3.8) is 0 Å². The molecule has 3 N–H and O–H groups in total. The fraction of sp³-hybridized carbons (Fsp3) is 0.500. The van der Waals surface area contributed by atoms with Gasteiger partial charge in [0.25, 0.3) is 0 Å². The van der Waals surface area contributed by atoms with Crippen LogP contribution in [-0.2, 0) is 39.1 Å². The summed E-state index contributed by atoms with van der Waals surface area (Å²) < 4.78 is 0. The molecule has 0 aliphatic heterocycles. The number of phenolic OH excluding ortho intramolecular Hbond substituents is 1. The van der Waals surface area contributed by atoms with Crippen LogP contribution in [-0.4, -0.2) is 10.9 Å². The predicted octanol–water partition coefficient (Wildman–Crippen LogP) is -3.11. The third-order valence-electron chi connectivity index (χ3n) is 4.79. The minimum Gasteiger partial charge on any atom is -1.00 e. The standard InChI is InChI=1S/C24H35NOS.3ClH.Ti/c1-8-13-27-21-12-10-9-11-20(21)25-16-17-14-18(23(2,3)4)15-19(22(17)26)24(5,6)7;;;;/h9-12,14-15,25-26H,8,13,16H2,1-7H3;3*1H;/q;;;;+2/p-2. The number of nitrogens with two attached hydrogens (primary N) is 1. The summed E-state index contributed by atoms with van der Waals surface area (Å²) in [4.78, 5) is 1.32. The number of rotatable bonds is 6. The Morgan fingerprint density at radius 2 is 1.48 bits per heavy atom. The molecule has 0 aliphatic carbocycles. The van der Waals surface area contributed by atoms with Crippen LogP contribution in [0.1, 0.15) is 71.6 Å². The molecule has 2 aromatic carbocycles. The molecule has 0 atom stereocenters. The van der Waals surface area contributed by atoms with E-state index in [0.29, 0.717) is 5.75 Å². The van der Waals surface area contributed by atoms with Crippen LogP contribution in [0.25, 0.3) is 0 Å². The Morgan fingerprint density at radius 3 is 2.00 bits per heavy atom. The summed E-state index contributed by atoms with van der Waals surface area (Å²) in [6, 6.07) is 12.9. The van der Waals surface area contributed by atoms with Gasteiger partial charge >= 0.3 is 21.7 Å². The molecular formula is C24H36Cl3NOSTi. The van der Waals surface area contributed by atoms with Crippen molar-refractivity contribution in [2.75, 3.05) is 5.75 Å². The van der Waals surface area contributed by atoms with Crippen molar-refractivity contribution in [3.05, 3.63) is 53.1 Å². The Morgan fingerprint density at radius 1 is 0.903 bits per heavy atom. The molecule has 0 amide bonds. The maximum absolute atomic E-state index is 11.0. The summed E-state index contributed by atoms with van der Waals surface area (Å²) in [5.41, 5.74) is 4.55. The van der Waals surface area contributed by atoms with Crippen molar-refractivity contribution in [1.29, 1.82) is 0 Å². The number of quaternary nitrogens is 1. The minimum atomic E-state index is -0.0883. The summed E-state index contributed by atoms with van der Waals surface area (Å²) in [5.74, 6) is 1.58. The number of thioether (sulfide) groups is 1. The molecule has 0 aliphatic rings. The van der Waals surface area contributed by atoms with E-state index in [1.165, 1.54) is 22.6 Å². The number of phenols is 1. The third kappa shape index (κ3) is 10.3. The first-order chi connectivity index (χ1) is 12.5. The first-order valence-corrected chi connectivity index (χ1v) is 10.9. The van der Waals surface area contributed by atoms with E-state index in [2.05, 4.69) is 90.2 Å². The quantitative estimate of drug-likeness (QED) is 0.231. The van der Waals surface area contributed by atoms with Crippen LogP contribution in [0.2, 0.25) is 0 Å². The normalized spacial score (nSPS) is 10.8. The monoisotopic (exact) mass is 539 g/mol. The van der Waals surface area contributed by atoms with Gasteiger partial charge in [-0.2, -0.15) is 0 Å². The van der Waals surface area contributed by atoms with Gasteiger partial charge in [0.15, 0.2) is 0 Å². The van der Waals surface area contributed by atoms with Crippen LogP contribution in [0.5, 0.6) is 5.75 Å². The van der Waals surface area contributed by atoms with Crippen molar-refractivity contribution < 1.29 is 69.4 Å². The molecule has 0 radical (unpaired) electrons. The summed E-state index contributed by atoms with van der Waals surface area (Å²) in [6.45, 7) is 16.1. The van der Waals surface area contributed by atoms with Gasteiger partial charge in [-0.15, -0.1) is 11.8 Å². The van der Waals surface area contributed by atoms with Crippen LogP contribution in [0.15, 0.2) is 41.3 Å². The van der Waals surface area contributed by atoms with E-state index in [0.717, 1.165) is 23.4 Å². The zero-order chi connectivity index (χ0) is 20.2. The van der Waals surface area contributed by atoms with Crippen molar-refractivity contribution in [1.82, 2.24) is 0 Å². The third-order valence-corrected chi connectivity index (χ3v) is 6.08. The van der Waals surface area contributed by atoms with Crippen LogP contribution >= 0.6 is 11.8 Å². The Hall–Kier alpha value is 0.134. The molecule has 0 heterocycles. The summed E-state index contributed by atoms with van der Waals surface area (Å²) in [7, 11) is 0. The van der Waals surface area contributed by atoms with Gasteiger partial charge in [-0.05, 0) is 40.7 Å². The molecule has 0 bridgehead atoms. The average Bonchev–Trinajstić information content (AvgIpc) is 2.57. The van der Waals surface area contributed by atoms with E-state index in [4.69, 9.17) is 0 Å². The number of aromatic hydroxyl groups is 1. The molecule has 0 saturated carbocycles. The molecule has 7 heteroatoms. The summed E-state index contributed by atoms with van der Waals surface area (Å²) >= 11 is 1.91.